The van der Waals surface area contributed by atoms with Crippen LogP contribution in [-0.4, -0.2) is 56.8 Å². The van der Waals surface area contributed by atoms with E-state index in [1.807, 2.05) is 53.3 Å². The average Bonchev–Trinajstić information content (AvgIpc) is 3.62. The number of aromatic nitrogens is 4. The molecule has 2 aromatic carbocycles. The molecule has 0 saturated carbocycles. The number of ether oxygens (including phenoxy) is 1. The highest BCUT2D eigenvalue weighted by molar-refractivity contribution is 6.00. The van der Waals surface area contributed by atoms with Crippen LogP contribution < -0.4 is 4.90 Å². The van der Waals surface area contributed by atoms with E-state index in [9.17, 15) is 9.59 Å². The molecule has 0 radical (unpaired) electrons. The summed E-state index contributed by atoms with van der Waals surface area (Å²) in [5.41, 5.74) is 6.05. The molecule has 4 aromatic rings. The number of fused-ring (bicyclic) bond motifs is 1. The van der Waals surface area contributed by atoms with Crippen molar-refractivity contribution in [2.24, 2.45) is 0 Å². The van der Waals surface area contributed by atoms with Gasteiger partial charge in [0.25, 0.3) is 0 Å². The molecule has 9 nitrogen and oxygen atoms in total. The number of methoxy groups -OCH3 is 1. The summed E-state index contributed by atoms with van der Waals surface area (Å²) in [6.45, 7) is 6.11. The Balaban J connectivity index is 1.16. The first kappa shape index (κ1) is 26.7. The number of rotatable bonds is 6. The van der Waals surface area contributed by atoms with Gasteiger partial charge in [0.2, 0.25) is 5.91 Å². The summed E-state index contributed by atoms with van der Waals surface area (Å²) >= 11 is 0. The second-order valence-electron chi connectivity index (χ2n) is 11.0. The molecule has 2 amide bonds. The highest BCUT2D eigenvalue weighted by atomic mass is 16.5. The second-order valence-corrected chi connectivity index (χ2v) is 11.0. The predicted octanol–water partition coefficient (Wildman–Crippen LogP) is 5.49. The first-order valence-electron chi connectivity index (χ1n) is 14.1. The third kappa shape index (κ3) is 5.31. The minimum atomic E-state index is -0.266. The van der Waals surface area contributed by atoms with Gasteiger partial charge in [0, 0.05) is 42.5 Å². The quantitative estimate of drug-likeness (QED) is 0.315. The molecule has 0 unspecified atom stereocenters. The van der Waals surface area contributed by atoms with E-state index >= 15 is 0 Å². The van der Waals surface area contributed by atoms with Crippen molar-refractivity contribution >= 4 is 17.8 Å². The van der Waals surface area contributed by atoms with E-state index in [0.29, 0.717) is 49.5 Å². The molecule has 210 valence electrons. The van der Waals surface area contributed by atoms with Gasteiger partial charge in [-0.1, -0.05) is 50.2 Å². The Hall–Kier alpha value is -4.53. The number of benzene rings is 2. The lowest BCUT2D eigenvalue weighted by Crippen LogP contribution is -2.37. The summed E-state index contributed by atoms with van der Waals surface area (Å²) in [6, 6.07) is 18.4. The molecular formula is C32H34N6O3. The van der Waals surface area contributed by atoms with Crippen LogP contribution in [0, 0.1) is 0 Å². The zero-order valence-corrected chi connectivity index (χ0v) is 23.7. The zero-order valence-electron chi connectivity index (χ0n) is 23.7. The number of carbonyl (C=O) groups excluding carboxylic acids is 2. The highest BCUT2D eigenvalue weighted by Crippen LogP contribution is 2.33. The van der Waals surface area contributed by atoms with Crippen LogP contribution in [0.25, 0.3) is 17.1 Å². The van der Waals surface area contributed by atoms with Crippen LogP contribution >= 0.6 is 0 Å². The van der Waals surface area contributed by atoms with Crippen molar-refractivity contribution in [1.29, 1.82) is 0 Å². The van der Waals surface area contributed by atoms with Crippen LogP contribution in [0.15, 0.2) is 67.0 Å². The molecule has 0 aliphatic carbocycles. The van der Waals surface area contributed by atoms with Crippen molar-refractivity contribution in [3.8, 4) is 17.1 Å². The Morgan fingerprint density at radius 1 is 1.05 bits per heavy atom. The Bertz CT molecular complexity index is 1570. The number of likely N-dealkylation sites (tertiary alicyclic amines) is 1. The minimum Gasteiger partial charge on any atom is -0.453 e. The van der Waals surface area contributed by atoms with Crippen molar-refractivity contribution in [2.45, 2.75) is 51.5 Å². The number of piperidine rings is 1. The van der Waals surface area contributed by atoms with E-state index in [1.54, 1.807) is 16.0 Å². The molecule has 0 spiro atoms. The largest absolute Gasteiger partial charge is 0.453 e. The lowest BCUT2D eigenvalue weighted by molar-refractivity contribution is -0.117. The molecule has 2 aliphatic heterocycles. The summed E-state index contributed by atoms with van der Waals surface area (Å²) in [7, 11) is 1.42. The monoisotopic (exact) mass is 550 g/mol. The molecule has 6 rings (SSSR count). The van der Waals surface area contributed by atoms with E-state index in [-0.39, 0.29) is 12.0 Å². The number of nitrogens with zero attached hydrogens (tertiary/aromatic N) is 6. The lowest BCUT2D eigenvalue weighted by Gasteiger charge is -2.30. The third-order valence-corrected chi connectivity index (χ3v) is 8.06. The van der Waals surface area contributed by atoms with Crippen LogP contribution in [0.1, 0.15) is 60.9 Å². The molecule has 0 N–H and O–H groups in total. The van der Waals surface area contributed by atoms with Gasteiger partial charge in [-0.05, 0) is 48.1 Å². The van der Waals surface area contributed by atoms with E-state index in [1.165, 1.54) is 12.7 Å². The van der Waals surface area contributed by atoms with Crippen LogP contribution in [0.5, 0.6) is 0 Å². The van der Waals surface area contributed by atoms with Gasteiger partial charge < -0.3 is 9.64 Å². The van der Waals surface area contributed by atoms with Crippen molar-refractivity contribution in [1.82, 2.24) is 24.6 Å². The first-order valence-corrected chi connectivity index (χ1v) is 14.1. The zero-order chi connectivity index (χ0) is 28.5. The van der Waals surface area contributed by atoms with Crippen molar-refractivity contribution in [3.05, 3.63) is 89.4 Å². The standard InChI is InChI=1S/C32H34N6O3/c1-21(2)26-6-4-5-7-27(26)30-33-19-24-18-29(39)37(31(24)34-30)20-22-8-10-25(11-9-22)38-17-14-28(35-38)23-12-15-36(16-13-23)32(40)41-3/h4-11,14,17,19,21,23H,12-13,15-16,18,20H2,1-3H3. The second kappa shape index (κ2) is 11.2. The van der Waals surface area contributed by atoms with Gasteiger partial charge in [0.1, 0.15) is 5.82 Å². The normalized spacial score (nSPS) is 15.5. The SMILES string of the molecule is COC(=O)N1CCC(c2ccn(-c3ccc(CN4C(=O)Cc5cnc(-c6ccccc6C(C)C)nc54)cc3)n2)CC1. The maximum absolute atomic E-state index is 13.0. The number of hydrogen-bond acceptors (Lipinski definition) is 6. The molecule has 41 heavy (non-hydrogen) atoms. The van der Waals surface area contributed by atoms with E-state index in [2.05, 4.69) is 31.0 Å². The molecule has 2 aromatic heterocycles. The van der Waals surface area contributed by atoms with Gasteiger partial charge in [0.15, 0.2) is 5.82 Å². The minimum absolute atomic E-state index is 0.0302. The van der Waals surface area contributed by atoms with Gasteiger partial charge in [-0.15, -0.1) is 0 Å². The summed E-state index contributed by atoms with van der Waals surface area (Å²) in [5.74, 6) is 2.02. The smallest absolute Gasteiger partial charge is 0.409 e. The highest BCUT2D eigenvalue weighted by Gasteiger charge is 2.30. The summed E-state index contributed by atoms with van der Waals surface area (Å²) in [6.07, 6.45) is 5.55. The number of carbonyl (C=O) groups is 2. The Morgan fingerprint density at radius 3 is 2.54 bits per heavy atom. The number of anilines is 1. The van der Waals surface area contributed by atoms with E-state index in [0.717, 1.165) is 40.9 Å². The molecular weight excluding hydrogens is 516 g/mol. The maximum Gasteiger partial charge on any atom is 0.409 e. The fourth-order valence-electron chi connectivity index (χ4n) is 5.75. The topological polar surface area (TPSA) is 93.5 Å². The number of hydrogen-bond donors (Lipinski definition) is 0. The summed E-state index contributed by atoms with van der Waals surface area (Å²) < 4.78 is 6.72. The van der Waals surface area contributed by atoms with E-state index < -0.39 is 0 Å². The molecule has 0 atom stereocenters. The fraction of sp³-hybridized carbons (Fsp3) is 0.344. The summed E-state index contributed by atoms with van der Waals surface area (Å²) in [4.78, 5) is 37.8. The van der Waals surface area contributed by atoms with Gasteiger partial charge in [-0.2, -0.15) is 5.10 Å². The van der Waals surface area contributed by atoms with Gasteiger partial charge in [0.05, 0.1) is 31.5 Å². The molecule has 0 bridgehead atoms. The van der Waals surface area contributed by atoms with Crippen LogP contribution in [0.4, 0.5) is 10.6 Å². The molecule has 4 heterocycles. The van der Waals surface area contributed by atoms with Crippen molar-refractivity contribution in [2.75, 3.05) is 25.1 Å². The fourth-order valence-corrected chi connectivity index (χ4v) is 5.75. The summed E-state index contributed by atoms with van der Waals surface area (Å²) in [5, 5.41) is 4.83. The Kier molecular flexibility index (Phi) is 7.26. The van der Waals surface area contributed by atoms with Crippen LogP contribution in [-0.2, 0) is 22.5 Å². The lowest BCUT2D eigenvalue weighted by atomic mass is 9.94. The van der Waals surface area contributed by atoms with Crippen molar-refractivity contribution < 1.29 is 14.3 Å². The molecule has 2 aliphatic rings. The van der Waals surface area contributed by atoms with E-state index in [4.69, 9.17) is 14.8 Å². The van der Waals surface area contributed by atoms with Gasteiger partial charge in [-0.25, -0.2) is 19.4 Å². The van der Waals surface area contributed by atoms with Crippen LogP contribution in [0.2, 0.25) is 0 Å². The number of amides is 2. The average molecular weight is 551 g/mol. The third-order valence-electron chi connectivity index (χ3n) is 8.06. The van der Waals surface area contributed by atoms with Gasteiger partial charge >= 0.3 is 6.09 Å². The Morgan fingerprint density at radius 2 is 1.80 bits per heavy atom. The van der Waals surface area contributed by atoms with Crippen molar-refractivity contribution in [3.63, 3.8) is 0 Å². The Labute approximate surface area is 239 Å². The molecule has 9 heteroatoms. The van der Waals surface area contributed by atoms with Gasteiger partial charge in [-0.3, -0.25) is 9.69 Å². The first-order chi connectivity index (χ1) is 19.9. The predicted molar refractivity (Wildman–Crippen MR) is 156 cm³/mol. The maximum atomic E-state index is 13.0. The van der Waals surface area contributed by atoms with Crippen LogP contribution in [0.3, 0.4) is 0 Å². The molecule has 1 saturated heterocycles. The molecule has 1 fully saturated rings.